The first kappa shape index (κ1) is 17.1. The average Bonchev–Trinajstić information content (AvgIpc) is 2.24. The molecule has 0 atom stereocenters. The van der Waals surface area contributed by atoms with Crippen molar-refractivity contribution in [2.24, 2.45) is 0 Å². The zero-order valence-electron chi connectivity index (χ0n) is 9.43. The second kappa shape index (κ2) is 5.82. The van der Waals surface area contributed by atoms with E-state index < -0.39 is 41.2 Å². The summed E-state index contributed by atoms with van der Waals surface area (Å²) in [4.78, 5) is 45.0. The zero-order chi connectivity index (χ0) is 15.7. The van der Waals surface area contributed by atoms with Gasteiger partial charge < -0.3 is 24.7 Å². The van der Waals surface area contributed by atoms with Gasteiger partial charge in [0, 0.05) is 12.1 Å². The monoisotopic (exact) mass is 345 g/mol. The van der Waals surface area contributed by atoms with Crippen molar-refractivity contribution in [1.29, 1.82) is 0 Å². The number of benzene rings is 1. The van der Waals surface area contributed by atoms with Crippen LogP contribution in [-0.4, -0.2) is 34.3 Å². The second-order valence-electron chi connectivity index (χ2n) is 3.53. The van der Waals surface area contributed by atoms with Crippen LogP contribution in [0.4, 0.5) is 5.69 Å². The summed E-state index contributed by atoms with van der Waals surface area (Å²) in [5.41, 5.74) is -0.500. The van der Waals surface area contributed by atoms with E-state index in [1.54, 1.807) is 0 Å². The first-order valence-corrected chi connectivity index (χ1v) is 8.91. The molecule has 0 saturated heterocycles. The van der Waals surface area contributed by atoms with Crippen LogP contribution in [0.25, 0.3) is 0 Å². The molecule has 0 aliphatic carbocycles. The molecule has 20 heavy (non-hydrogen) atoms. The molecule has 10 nitrogen and oxygen atoms in total. The molecule has 0 aliphatic rings. The Bertz CT molecular complexity index is 601. The van der Waals surface area contributed by atoms with Crippen LogP contribution < -0.4 is 0 Å². The van der Waals surface area contributed by atoms with Crippen molar-refractivity contribution < 1.29 is 38.7 Å². The maximum Gasteiger partial charge on any atom is 0.351 e. The van der Waals surface area contributed by atoms with Crippen molar-refractivity contribution in [2.45, 2.75) is 9.63 Å². The molecule has 0 bridgehead atoms. The van der Waals surface area contributed by atoms with E-state index in [2.05, 4.69) is 0 Å². The Kier molecular flexibility index (Phi) is 4.99. The third-order valence-corrected chi connectivity index (χ3v) is 7.99. The summed E-state index contributed by atoms with van der Waals surface area (Å²) in [6.07, 6.45) is 0. The second-order valence-corrected chi connectivity index (χ2v) is 9.17. The third-order valence-electron chi connectivity index (χ3n) is 1.96. The number of phenolic OH excluding ortho intramolecular Hbond substituents is 1. The number of hydrogen-bond donors (Lipinski definition) is 5. The maximum atomic E-state index is 11.1. The summed E-state index contributed by atoms with van der Waals surface area (Å²) < 4.78 is 19.7. The van der Waals surface area contributed by atoms with Gasteiger partial charge >= 0.3 is 15.2 Å². The fourth-order valence-corrected chi connectivity index (χ4v) is 5.11. The third kappa shape index (κ3) is 4.29. The topological polar surface area (TPSA) is 178 Å². The summed E-state index contributed by atoms with van der Waals surface area (Å²) in [7, 11) is -10.4. The Balaban J connectivity index is 3.25. The minimum absolute atomic E-state index is 0.0199. The van der Waals surface area contributed by atoms with Crippen molar-refractivity contribution in [3.05, 3.63) is 28.3 Å². The van der Waals surface area contributed by atoms with Crippen LogP contribution in [0.5, 0.6) is 5.75 Å². The predicted octanol–water partition coefficient (Wildman–Crippen LogP) is 1.03. The molecule has 0 radical (unpaired) electrons. The highest BCUT2D eigenvalue weighted by Gasteiger charge is 2.44. The Hall–Kier alpha value is -0.930. The molecule has 0 saturated carbocycles. The molecule has 0 unspecified atom stereocenters. The molecule has 0 heterocycles. The van der Waals surface area contributed by atoms with Crippen LogP contribution in [0, 0.1) is 10.1 Å². The number of non-ortho nitro benzene ring substituents is 1. The first-order valence-electron chi connectivity index (χ1n) is 4.67. The highest BCUT2D eigenvalue weighted by molar-refractivity contribution is 8.12. The van der Waals surface area contributed by atoms with Crippen LogP contribution in [0.3, 0.4) is 0 Å². The molecular formula is C7H9NO9P2S. The minimum atomic E-state index is -5.20. The molecule has 0 aliphatic heterocycles. The average molecular weight is 345 g/mol. The Morgan fingerprint density at radius 2 is 1.65 bits per heavy atom. The molecule has 112 valence electrons. The van der Waals surface area contributed by atoms with E-state index >= 15 is 0 Å². The van der Waals surface area contributed by atoms with E-state index in [1.165, 1.54) is 0 Å². The first-order chi connectivity index (χ1) is 8.93. The van der Waals surface area contributed by atoms with E-state index in [4.69, 9.17) is 19.6 Å². The van der Waals surface area contributed by atoms with Crippen LogP contribution in [0.2, 0.25) is 0 Å². The summed E-state index contributed by atoms with van der Waals surface area (Å²) >= 11 is -0.0199. The van der Waals surface area contributed by atoms with Gasteiger partial charge in [0.25, 0.3) is 5.69 Å². The fourth-order valence-electron chi connectivity index (χ4n) is 1.16. The van der Waals surface area contributed by atoms with Gasteiger partial charge in [-0.15, -0.1) is 0 Å². The normalized spacial score (nSPS) is 12.7. The van der Waals surface area contributed by atoms with Gasteiger partial charge in [0.2, 0.25) is 4.73 Å². The number of nitro groups is 1. The van der Waals surface area contributed by atoms with Crippen LogP contribution in [-0.2, 0) is 9.13 Å². The maximum absolute atomic E-state index is 11.1. The quantitative estimate of drug-likeness (QED) is 0.224. The molecule has 0 aromatic heterocycles. The van der Waals surface area contributed by atoms with Crippen LogP contribution in [0.1, 0.15) is 0 Å². The number of nitro benzene ring substituents is 1. The summed E-state index contributed by atoms with van der Waals surface area (Å²) in [6.45, 7) is 0. The van der Waals surface area contributed by atoms with Gasteiger partial charge in [-0.25, -0.2) is 0 Å². The van der Waals surface area contributed by atoms with Crippen molar-refractivity contribution in [3.8, 4) is 5.75 Å². The predicted molar refractivity (Wildman–Crippen MR) is 68.5 cm³/mol. The molecule has 1 aromatic carbocycles. The van der Waals surface area contributed by atoms with Crippen LogP contribution >= 0.6 is 27.0 Å². The Morgan fingerprint density at radius 3 is 2.05 bits per heavy atom. The number of aromatic hydroxyl groups is 1. The molecule has 0 spiro atoms. The minimum Gasteiger partial charge on any atom is -0.507 e. The van der Waals surface area contributed by atoms with E-state index in [0.29, 0.717) is 0 Å². The van der Waals surface area contributed by atoms with Gasteiger partial charge in [-0.2, -0.15) is 0 Å². The molecule has 0 fully saturated rings. The van der Waals surface area contributed by atoms with E-state index in [-0.39, 0.29) is 11.8 Å². The summed E-state index contributed by atoms with van der Waals surface area (Å²) in [5, 5.41) is 20.0. The van der Waals surface area contributed by atoms with E-state index in [9.17, 15) is 24.4 Å². The number of thioether (sulfide) groups is 1. The number of rotatable bonds is 5. The van der Waals surface area contributed by atoms with Gasteiger partial charge in [-0.05, 0) is 6.07 Å². The molecule has 1 aromatic rings. The lowest BCUT2D eigenvalue weighted by atomic mass is 10.3. The lowest BCUT2D eigenvalue weighted by molar-refractivity contribution is -0.385. The largest absolute Gasteiger partial charge is 0.507 e. The van der Waals surface area contributed by atoms with Crippen molar-refractivity contribution >= 4 is 32.6 Å². The van der Waals surface area contributed by atoms with Gasteiger partial charge in [0.15, 0.2) is 0 Å². The van der Waals surface area contributed by atoms with E-state index in [1.807, 2.05) is 0 Å². The molecule has 0 amide bonds. The number of nitrogens with zero attached hydrogens (tertiary/aromatic N) is 1. The van der Waals surface area contributed by atoms with Crippen molar-refractivity contribution in [3.63, 3.8) is 0 Å². The Morgan fingerprint density at radius 1 is 1.15 bits per heavy atom. The van der Waals surface area contributed by atoms with Gasteiger partial charge in [0.05, 0.1) is 9.82 Å². The molecule has 5 N–H and O–H groups in total. The fraction of sp³-hybridized carbons (Fsp3) is 0.143. The van der Waals surface area contributed by atoms with Gasteiger partial charge in [-0.3, -0.25) is 19.2 Å². The van der Waals surface area contributed by atoms with Crippen LogP contribution in [0.15, 0.2) is 23.1 Å². The lowest BCUT2D eigenvalue weighted by Gasteiger charge is -2.19. The highest BCUT2D eigenvalue weighted by Crippen LogP contribution is 2.66. The van der Waals surface area contributed by atoms with E-state index in [0.717, 1.165) is 18.2 Å². The number of phenols is 1. The standard InChI is InChI=1S/C7H9NO9P2S/c9-5-2-1-4(8(10)11)3-6(5)20-7(18(12,13)14)19(15,16)17/h1-3,7,9H,(H2,12,13,14)(H2,15,16,17). The zero-order valence-corrected chi connectivity index (χ0v) is 12.0. The lowest BCUT2D eigenvalue weighted by Crippen LogP contribution is -2.04. The molecular weight excluding hydrogens is 336 g/mol. The van der Waals surface area contributed by atoms with Crippen molar-refractivity contribution in [1.82, 2.24) is 0 Å². The van der Waals surface area contributed by atoms with Crippen molar-refractivity contribution in [2.75, 3.05) is 0 Å². The number of hydrogen-bond acceptors (Lipinski definition) is 6. The molecule has 1 rings (SSSR count). The highest BCUT2D eigenvalue weighted by atomic mass is 32.2. The van der Waals surface area contributed by atoms with Gasteiger partial charge in [0.1, 0.15) is 5.75 Å². The smallest absolute Gasteiger partial charge is 0.351 e. The van der Waals surface area contributed by atoms with Gasteiger partial charge in [-0.1, -0.05) is 11.8 Å². The Labute approximate surface area is 115 Å². The summed E-state index contributed by atoms with van der Waals surface area (Å²) in [6, 6.07) is 2.58. The SMILES string of the molecule is O=[N+]([O-])c1ccc(O)c(SC(P(=O)(O)O)P(=O)(O)O)c1. The summed E-state index contributed by atoms with van der Waals surface area (Å²) in [5.74, 6) is -0.590. The molecule has 13 heteroatoms.